The van der Waals surface area contributed by atoms with Gasteiger partial charge >= 0.3 is 5.97 Å². The number of rotatable bonds is 4. The Balaban J connectivity index is 1.45. The molecule has 0 saturated heterocycles. The molecule has 2 N–H and O–H groups in total. The highest BCUT2D eigenvalue weighted by atomic mass is 35.5. The second-order valence-corrected chi connectivity index (χ2v) is 8.82. The van der Waals surface area contributed by atoms with Crippen molar-refractivity contribution in [3.63, 3.8) is 0 Å². The molecule has 38 heavy (non-hydrogen) atoms. The number of halogens is 1. The highest BCUT2D eigenvalue weighted by Gasteiger charge is 2.35. The van der Waals surface area contributed by atoms with Gasteiger partial charge in [-0.15, -0.1) is 5.10 Å². The molecular formula is C27H19ClN6O4. The van der Waals surface area contributed by atoms with Gasteiger partial charge in [-0.25, -0.2) is 4.79 Å². The van der Waals surface area contributed by atoms with Gasteiger partial charge in [-0.1, -0.05) is 41.8 Å². The maximum absolute atomic E-state index is 13.5. The predicted octanol–water partition coefficient (Wildman–Crippen LogP) is 3.13. The van der Waals surface area contributed by atoms with Crippen molar-refractivity contribution in [2.24, 2.45) is 0 Å². The van der Waals surface area contributed by atoms with Crippen LogP contribution >= 0.6 is 11.6 Å². The average molecular weight is 527 g/mol. The molecule has 2 amide bonds. The molecule has 0 bridgehead atoms. The van der Waals surface area contributed by atoms with Crippen molar-refractivity contribution in [2.75, 3.05) is 11.9 Å². The van der Waals surface area contributed by atoms with Crippen LogP contribution in [-0.2, 0) is 16.0 Å². The lowest BCUT2D eigenvalue weighted by atomic mass is 9.91. The van der Waals surface area contributed by atoms with Gasteiger partial charge in [0.1, 0.15) is 12.4 Å². The van der Waals surface area contributed by atoms with E-state index in [1.54, 1.807) is 18.2 Å². The van der Waals surface area contributed by atoms with E-state index in [1.807, 2.05) is 24.3 Å². The lowest BCUT2D eigenvalue weighted by Crippen LogP contribution is -2.45. The van der Waals surface area contributed by atoms with Crippen molar-refractivity contribution in [1.82, 2.24) is 25.1 Å². The molecule has 188 valence electrons. The first-order chi connectivity index (χ1) is 18.4. The number of hydrogen-bond donors (Lipinski definition) is 2. The Bertz CT molecular complexity index is 1590. The third-order valence-corrected chi connectivity index (χ3v) is 6.29. The monoisotopic (exact) mass is 526 g/mol. The Labute approximate surface area is 221 Å². The molecule has 5 rings (SSSR count). The number of nitrogens with zero attached hydrogens (tertiary/aromatic N) is 5. The first kappa shape index (κ1) is 24.7. The molecule has 3 aromatic carbocycles. The van der Waals surface area contributed by atoms with Crippen molar-refractivity contribution < 1.29 is 19.5 Å². The van der Waals surface area contributed by atoms with Crippen LogP contribution in [0.25, 0.3) is 5.69 Å². The SMILES string of the molecule is O=C(O)c1ccc(NC(=O)[C@@H]2c3ccccc3CCN2C(=O)C#Cc2cc(Cl)ccc2-n2cnnn2)cc1. The summed E-state index contributed by atoms with van der Waals surface area (Å²) in [4.78, 5) is 39.4. The van der Waals surface area contributed by atoms with Crippen molar-refractivity contribution in [3.05, 3.63) is 100 Å². The highest BCUT2D eigenvalue weighted by Crippen LogP contribution is 2.31. The van der Waals surface area contributed by atoms with Crippen LogP contribution in [0.15, 0.2) is 73.1 Å². The largest absolute Gasteiger partial charge is 0.478 e. The Hall–Kier alpha value is -5.01. The number of aromatic nitrogens is 4. The standard InChI is InChI=1S/C27H19ClN6O4/c28-20-8-11-23(34-16-29-31-32-34)19(15-20)7-12-24(35)33-14-13-17-3-1-2-4-22(17)25(33)26(36)30-21-9-5-18(6-10-21)27(37)38/h1-6,8-11,15-16,25H,13-14H2,(H,30,36)(H,37,38)/t25-/m0/s1. The molecule has 0 unspecified atom stereocenters. The summed E-state index contributed by atoms with van der Waals surface area (Å²) in [5.74, 6) is 3.47. The molecule has 0 radical (unpaired) electrons. The number of carboxylic acid groups (broad SMARTS) is 1. The van der Waals surface area contributed by atoms with E-state index in [-0.39, 0.29) is 12.1 Å². The van der Waals surface area contributed by atoms with Gasteiger partial charge in [-0.2, -0.15) is 4.68 Å². The van der Waals surface area contributed by atoms with Crippen molar-refractivity contribution >= 4 is 35.1 Å². The number of benzene rings is 3. The summed E-state index contributed by atoms with van der Waals surface area (Å²) in [6, 6.07) is 17.3. The topological polar surface area (TPSA) is 130 Å². The summed E-state index contributed by atoms with van der Waals surface area (Å²) in [7, 11) is 0. The summed E-state index contributed by atoms with van der Waals surface area (Å²) in [5, 5.41) is 23.5. The Morgan fingerprint density at radius 2 is 1.84 bits per heavy atom. The van der Waals surface area contributed by atoms with Crippen LogP contribution < -0.4 is 5.32 Å². The van der Waals surface area contributed by atoms with E-state index in [9.17, 15) is 14.4 Å². The van der Waals surface area contributed by atoms with Crippen molar-refractivity contribution in [3.8, 4) is 17.5 Å². The number of carbonyl (C=O) groups is 3. The van der Waals surface area contributed by atoms with Crippen LogP contribution in [0.3, 0.4) is 0 Å². The molecule has 0 spiro atoms. The van der Waals surface area contributed by atoms with Crippen LogP contribution in [0.5, 0.6) is 0 Å². The lowest BCUT2D eigenvalue weighted by Gasteiger charge is -2.35. The number of amides is 2. The van der Waals surface area contributed by atoms with Crippen LogP contribution in [0.1, 0.15) is 33.1 Å². The van der Waals surface area contributed by atoms with Crippen LogP contribution in [0.4, 0.5) is 5.69 Å². The van der Waals surface area contributed by atoms with E-state index in [4.69, 9.17) is 16.7 Å². The van der Waals surface area contributed by atoms with Crippen LogP contribution in [-0.4, -0.2) is 54.5 Å². The minimum absolute atomic E-state index is 0.0974. The molecule has 2 heterocycles. The minimum Gasteiger partial charge on any atom is -0.478 e. The van der Waals surface area contributed by atoms with E-state index in [0.717, 1.165) is 5.56 Å². The first-order valence-electron chi connectivity index (χ1n) is 11.5. The maximum atomic E-state index is 13.5. The Kier molecular flexibility index (Phi) is 6.84. The van der Waals surface area contributed by atoms with E-state index in [1.165, 1.54) is 40.2 Å². The zero-order valence-electron chi connectivity index (χ0n) is 19.7. The molecule has 1 atom stereocenters. The number of hydrogen-bond acceptors (Lipinski definition) is 6. The van der Waals surface area contributed by atoms with Gasteiger partial charge in [-0.05, 0) is 70.4 Å². The van der Waals surface area contributed by atoms with E-state index in [2.05, 4.69) is 32.7 Å². The zero-order chi connectivity index (χ0) is 26.6. The number of nitrogens with one attached hydrogen (secondary N) is 1. The van der Waals surface area contributed by atoms with Crippen molar-refractivity contribution in [1.29, 1.82) is 0 Å². The number of aromatic carboxylic acids is 1. The highest BCUT2D eigenvalue weighted by molar-refractivity contribution is 6.30. The zero-order valence-corrected chi connectivity index (χ0v) is 20.5. The summed E-state index contributed by atoms with van der Waals surface area (Å²) in [6.07, 6.45) is 1.97. The molecule has 1 aliphatic heterocycles. The molecule has 1 aromatic heterocycles. The van der Waals surface area contributed by atoms with Gasteiger partial charge in [0.25, 0.3) is 11.8 Å². The second kappa shape index (κ2) is 10.5. The summed E-state index contributed by atoms with van der Waals surface area (Å²) in [6.45, 7) is 0.288. The van der Waals surface area contributed by atoms with Gasteiger partial charge in [0.2, 0.25) is 0 Å². The van der Waals surface area contributed by atoms with Crippen LogP contribution in [0.2, 0.25) is 5.02 Å². The van der Waals surface area contributed by atoms with Gasteiger partial charge in [-0.3, -0.25) is 9.59 Å². The second-order valence-electron chi connectivity index (χ2n) is 8.39. The Morgan fingerprint density at radius 3 is 2.58 bits per heavy atom. The third-order valence-electron chi connectivity index (χ3n) is 6.05. The molecule has 10 nitrogen and oxygen atoms in total. The van der Waals surface area contributed by atoms with E-state index >= 15 is 0 Å². The quantitative estimate of drug-likeness (QED) is 0.391. The summed E-state index contributed by atoms with van der Waals surface area (Å²) >= 11 is 6.16. The fourth-order valence-corrected chi connectivity index (χ4v) is 4.42. The predicted molar refractivity (Wildman–Crippen MR) is 138 cm³/mol. The molecule has 4 aromatic rings. The number of carbonyl (C=O) groups excluding carboxylic acids is 2. The van der Waals surface area contributed by atoms with Gasteiger partial charge in [0.15, 0.2) is 0 Å². The van der Waals surface area contributed by atoms with Crippen molar-refractivity contribution in [2.45, 2.75) is 12.5 Å². The maximum Gasteiger partial charge on any atom is 0.335 e. The van der Waals surface area contributed by atoms with Gasteiger partial charge in [0.05, 0.1) is 16.8 Å². The fourth-order valence-electron chi connectivity index (χ4n) is 4.25. The number of fused-ring (bicyclic) bond motifs is 1. The first-order valence-corrected chi connectivity index (χ1v) is 11.9. The molecular weight excluding hydrogens is 508 g/mol. The molecule has 11 heteroatoms. The van der Waals surface area contributed by atoms with E-state index < -0.39 is 23.8 Å². The fraction of sp³-hybridized carbons (Fsp3) is 0.111. The number of tetrazole rings is 1. The average Bonchev–Trinajstić information content (AvgIpc) is 3.46. The molecule has 0 fully saturated rings. The van der Waals surface area contributed by atoms with E-state index in [0.29, 0.717) is 33.9 Å². The summed E-state index contributed by atoms with van der Waals surface area (Å²) < 4.78 is 1.41. The molecule has 1 aliphatic rings. The number of carboxylic acids is 1. The smallest absolute Gasteiger partial charge is 0.335 e. The van der Waals surface area contributed by atoms with Gasteiger partial charge < -0.3 is 15.3 Å². The lowest BCUT2D eigenvalue weighted by molar-refractivity contribution is -0.134. The normalized spacial score (nSPS) is 14.1. The molecule has 0 aliphatic carbocycles. The minimum atomic E-state index is -1.07. The summed E-state index contributed by atoms with van der Waals surface area (Å²) in [5.41, 5.74) is 3.15. The Morgan fingerprint density at radius 1 is 1.05 bits per heavy atom. The third kappa shape index (κ3) is 5.09. The van der Waals surface area contributed by atoms with Gasteiger partial charge in [0, 0.05) is 23.2 Å². The van der Waals surface area contributed by atoms with Crippen LogP contribution in [0, 0.1) is 11.8 Å². The number of anilines is 1. The molecule has 0 saturated carbocycles.